The maximum atomic E-state index is 11.8. The Morgan fingerprint density at radius 3 is 2.88 bits per heavy atom. The van der Waals surface area contributed by atoms with Crippen molar-refractivity contribution in [3.8, 4) is 0 Å². The fourth-order valence-electron chi connectivity index (χ4n) is 1.48. The molecule has 1 atom stereocenters. The van der Waals surface area contributed by atoms with E-state index in [4.69, 9.17) is 16.3 Å². The van der Waals surface area contributed by atoms with Gasteiger partial charge in [-0.2, -0.15) is 0 Å². The van der Waals surface area contributed by atoms with Crippen molar-refractivity contribution in [3.05, 3.63) is 34.9 Å². The first-order chi connectivity index (χ1) is 7.63. The SMILES string of the molecule is COCCC(C)C(=O)Cc1cccc(Cl)c1. The van der Waals surface area contributed by atoms with Crippen LogP contribution in [0.3, 0.4) is 0 Å². The lowest BCUT2D eigenvalue weighted by Crippen LogP contribution is -2.15. The fourth-order valence-corrected chi connectivity index (χ4v) is 1.69. The number of Topliss-reactive ketones (excluding diaryl/α,β-unsaturated/α-hetero) is 1. The lowest BCUT2D eigenvalue weighted by atomic mass is 9.97. The second-order valence-electron chi connectivity index (χ2n) is 3.96. The molecule has 0 spiro atoms. The van der Waals surface area contributed by atoms with Gasteiger partial charge in [-0.3, -0.25) is 4.79 Å². The van der Waals surface area contributed by atoms with Crippen molar-refractivity contribution >= 4 is 17.4 Å². The van der Waals surface area contributed by atoms with Gasteiger partial charge in [-0.15, -0.1) is 0 Å². The zero-order chi connectivity index (χ0) is 12.0. The van der Waals surface area contributed by atoms with E-state index in [0.29, 0.717) is 18.1 Å². The number of benzene rings is 1. The van der Waals surface area contributed by atoms with E-state index in [2.05, 4.69) is 0 Å². The average Bonchev–Trinajstić information content (AvgIpc) is 2.25. The van der Waals surface area contributed by atoms with E-state index in [1.807, 2.05) is 31.2 Å². The third-order valence-electron chi connectivity index (χ3n) is 2.57. The van der Waals surface area contributed by atoms with Crippen molar-refractivity contribution in [2.75, 3.05) is 13.7 Å². The highest BCUT2D eigenvalue weighted by molar-refractivity contribution is 6.30. The summed E-state index contributed by atoms with van der Waals surface area (Å²) in [4.78, 5) is 11.8. The van der Waals surface area contributed by atoms with Gasteiger partial charge in [0.15, 0.2) is 0 Å². The van der Waals surface area contributed by atoms with Gasteiger partial charge < -0.3 is 4.74 Å². The van der Waals surface area contributed by atoms with E-state index in [-0.39, 0.29) is 11.7 Å². The normalized spacial score (nSPS) is 12.4. The fraction of sp³-hybridized carbons (Fsp3) is 0.462. The minimum Gasteiger partial charge on any atom is -0.385 e. The van der Waals surface area contributed by atoms with Crippen LogP contribution in [0.5, 0.6) is 0 Å². The summed E-state index contributed by atoms with van der Waals surface area (Å²) in [6, 6.07) is 7.43. The van der Waals surface area contributed by atoms with Crippen LogP contribution >= 0.6 is 11.6 Å². The number of carbonyl (C=O) groups excluding carboxylic acids is 1. The third-order valence-corrected chi connectivity index (χ3v) is 2.81. The van der Waals surface area contributed by atoms with Gasteiger partial charge in [-0.25, -0.2) is 0 Å². The van der Waals surface area contributed by atoms with Gasteiger partial charge in [0.2, 0.25) is 0 Å². The van der Waals surface area contributed by atoms with Crippen molar-refractivity contribution in [3.63, 3.8) is 0 Å². The molecule has 1 rings (SSSR count). The highest BCUT2D eigenvalue weighted by Gasteiger charge is 2.13. The third kappa shape index (κ3) is 4.33. The molecule has 0 aliphatic rings. The minimum absolute atomic E-state index is 0.0407. The molecule has 1 aromatic rings. The molecule has 2 nitrogen and oxygen atoms in total. The van der Waals surface area contributed by atoms with Gasteiger partial charge in [0.1, 0.15) is 5.78 Å². The summed E-state index contributed by atoms with van der Waals surface area (Å²) in [6.45, 7) is 2.56. The molecule has 0 saturated heterocycles. The first-order valence-corrected chi connectivity index (χ1v) is 5.77. The quantitative estimate of drug-likeness (QED) is 0.764. The van der Waals surface area contributed by atoms with Crippen molar-refractivity contribution in [1.29, 1.82) is 0 Å². The molecular weight excluding hydrogens is 224 g/mol. The predicted octanol–water partition coefficient (Wildman–Crippen LogP) is 3.12. The summed E-state index contributed by atoms with van der Waals surface area (Å²) in [5.74, 6) is 0.276. The van der Waals surface area contributed by atoms with Crippen LogP contribution in [0.25, 0.3) is 0 Å². The number of hydrogen-bond acceptors (Lipinski definition) is 2. The summed E-state index contributed by atoms with van der Waals surface area (Å²) in [5, 5.41) is 0.676. The summed E-state index contributed by atoms with van der Waals surface area (Å²) < 4.78 is 4.96. The van der Waals surface area contributed by atoms with Crippen molar-refractivity contribution < 1.29 is 9.53 Å². The van der Waals surface area contributed by atoms with Crippen LogP contribution in [0.15, 0.2) is 24.3 Å². The van der Waals surface area contributed by atoms with Gasteiger partial charge in [0, 0.05) is 31.1 Å². The lowest BCUT2D eigenvalue weighted by molar-refractivity contribution is -0.122. The number of halogens is 1. The highest BCUT2D eigenvalue weighted by atomic mass is 35.5. The Morgan fingerprint density at radius 1 is 1.50 bits per heavy atom. The number of hydrogen-bond donors (Lipinski definition) is 0. The summed E-state index contributed by atoms with van der Waals surface area (Å²) in [7, 11) is 1.65. The van der Waals surface area contributed by atoms with Gasteiger partial charge >= 0.3 is 0 Å². The molecule has 16 heavy (non-hydrogen) atoms. The Balaban J connectivity index is 2.50. The van der Waals surface area contributed by atoms with E-state index in [1.165, 1.54) is 0 Å². The predicted molar refractivity (Wildman–Crippen MR) is 65.8 cm³/mol. The van der Waals surface area contributed by atoms with Gasteiger partial charge in [-0.1, -0.05) is 30.7 Å². The smallest absolute Gasteiger partial charge is 0.140 e. The topological polar surface area (TPSA) is 26.3 Å². The summed E-state index contributed by atoms with van der Waals surface area (Å²) >= 11 is 5.86. The first-order valence-electron chi connectivity index (χ1n) is 5.39. The molecule has 0 aromatic heterocycles. The van der Waals surface area contributed by atoms with Gasteiger partial charge in [0.25, 0.3) is 0 Å². The van der Waals surface area contributed by atoms with Gasteiger partial charge in [0.05, 0.1) is 0 Å². The molecule has 88 valence electrons. The molecular formula is C13H17ClO2. The zero-order valence-electron chi connectivity index (χ0n) is 9.70. The zero-order valence-corrected chi connectivity index (χ0v) is 10.5. The first kappa shape index (κ1) is 13.2. The van der Waals surface area contributed by atoms with Crippen LogP contribution in [0.1, 0.15) is 18.9 Å². The molecule has 0 N–H and O–H groups in total. The molecule has 0 fully saturated rings. The Bertz CT molecular complexity index is 350. The maximum absolute atomic E-state index is 11.8. The van der Waals surface area contributed by atoms with E-state index in [0.717, 1.165) is 12.0 Å². The molecule has 0 heterocycles. The number of ether oxygens (including phenoxy) is 1. The lowest BCUT2D eigenvalue weighted by Gasteiger charge is -2.09. The second kappa shape index (κ2) is 6.66. The second-order valence-corrected chi connectivity index (χ2v) is 4.39. The average molecular weight is 241 g/mol. The monoisotopic (exact) mass is 240 g/mol. The number of rotatable bonds is 6. The minimum atomic E-state index is 0.0407. The molecule has 3 heteroatoms. The summed E-state index contributed by atoms with van der Waals surface area (Å²) in [6.07, 6.45) is 1.22. The van der Waals surface area contributed by atoms with Crippen LogP contribution in [-0.4, -0.2) is 19.5 Å². The Morgan fingerprint density at radius 2 is 2.25 bits per heavy atom. The molecule has 1 unspecified atom stereocenters. The van der Waals surface area contributed by atoms with Crippen molar-refractivity contribution in [2.24, 2.45) is 5.92 Å². The highest BCUT2D eigenvalue weighted by Crippen LogP contribution is 2.14. The van der Waals surface area contributed by atoms with Crippen molar-refractivity contribution in [2.45, 2.75) is 19.8 Å². The molecule has 0 bridgehead atoms. The largest absolute Gasteiger partial charge is 0.385 e. The van der Waals surface area contributed by atoms with Crippen LogP contribution in [0, 0.1) is 5.92 Å². The maximum Gasteiger partial charge on any atom is 0.140 e. The number of ketones is 1. The summed E-state index contributed by atoms with van der Waals surface area (Å²) in [5.41, 5.74) is 0.974. The van der Waals surface area contributed by atoms with E-state index >= 15 is 0 Å². The molecule has 1 aromatic carbocycles. The Labute approximate surface area is 102 Å². The van der Waals surface area contributed by atoms with Crippen LogP contribution in [0.2, 0.25) is 5.02 Å². The van der Waals surface area contributed by atoms with E-state index < -0.39 is 0 Å². The Hall–Kier alpha value is -0.860. The number of methoxy groups -OCH3 is 1. The van der Waals surface area contributed by atoms with Gasteiger partial charge in [-0.05, 0) is 24.1 Å². The standard InChI is InChI=1S/C13H17ClO2/c1-10(6-7-16-2)13(15)9-11-4-3-5-12(14)8-11/h3-5,8,10H,6-7,9H2,1-2H3. The number of carbonyl (C=O) groups is 1. The molecule has 0 amide bonds. The van der Waals surface area contributed by atoms with E-state index in [1.54, 1.807) is 7.11 Å². The van der Waals surface area contributed by atoms with Crippen LogP contribution in [0.4, 0.5) is 0 Å². The van der Waals surface area contributed by atoms with Crippen LogP contribution in [-0.2, 0) is 16.0 Å². The Kier molecular flexibility index (Phi) is 5.50. The van der Waals surface area contributed by atoms with Crippen molar-refractivity contribution in [1.82, 2.24) is 0 Å². The van der Waals surface area contributed by atoms with E-state index in [9.17, 15) is 4.79 Å². The molecule has 0 radical (unpaired) electrons. The molecule has 0 aliphatic carbocycles. The molecule has 0 saturated carbocycles. The molecule has 0 aliphatic heterocycles. The van der Waals surface area contributed by atoms with Crippen LogP contribution < -0.4 is 0 Å².